The van der Waals surface area contributed by atoms with Crippen LogP contribution in [-0.2, 0) is 0 Å². The van der Waals surface area contributed by atoms with Crippen LogP contribution in [-0.4, -0.2) is 14.1 Å². The van der Waals surface area contributed by atoms with Crippen molar-refractivity contribution < 1.29 is 0 Å². The largest absolute Gasteiger partial charge is 0.309 e. The molecule has 5 aromatic carbocycles. The molecule has 0 saturated heterocycles. The van der Waals surface area contributed by atoms with E-state index in [0.29, 0.717) is 0 Å². The van der Waals surface area contributed by atoms with Crippen LogP contribution in [0.2, 0.25) is 0 Å². The molecule has 3 aromatic heterocycles. The van der Waals surface area contributed by atoms with Gasteiger partial charge in [0.25, 0.3) is 0 Å². The number of hydrogen-bond acceptors (Lipinski definition) is 1. The van der Waals surface area contributed by atoms with Crippen molar-refractivity contribution in [2.75, 3.05) is 0 Å². The topological polar surface area (TPSA) is 22.8 Å². The lowest BCUT2D eigenvalue weighted by Crippen LogP contribution is -1.95. The molecule has 0 N–H and O–H groups in total. The summed E-state index contributed by atoms with van der Waals surface area (Å²) < 4.78 is 4.71. The zero-order valence-corrected chi connectivity index (χ0v) is 20.6. The number of aromatic nitrogens is 3. The molecule has 3 heteroatoms. The maximum atomic E-state index is 4.79. The van der Waals surface area contributed by atoms with E-state index in [1.54, 1.807) is 0 Å². The molecule has 38 heavy (non-hydrogen) atoms. The molecule has 0 atom stereocenters. The molecule has 0 radical (unpaired) electrons. The van der Waals surface area contributed by atoms with Crippen LogP contribution in [0.3, 0.4) is 0 Å². The molecule has 0 unspecified atom stereocenters. The third-order valence-corrected chi connectivity index (χ3v) is 7.55. The van der Waals surface area contributed by atoms with Gasteiger partial charge in [0.05, 0.1) is 27.6 Å². The normalized spacial score (nSPS) is 11.7. The van der Waals surface area contributed by atoms with E-state index in [1.165, 1.54) is 44.1 Å². The number of nitrogens with zero attached hydrogens (tertiary/aromatic N) is 3. The van der Waals surface area contributed by atoms with Crippen LogP contribution in [0.1, 0.15) is 0 Å². The Bertz CT molecular complexity index is 2120. The summed E-state index contributed by atoms with van der Waals surface area (Å²) >= 11 is 0. The summed E-state index contributed by atoms with van der Waals surface area (Å²) in [6.45, 7) is 0. The van der Waals surface area contributed by atoms with E-state index in [4.69, 9.17) is 4.98 Å². The van der Waals surface area contributed by atoms with Crippen molar-refractivity contribution in [2.24, 2.45) is 0 Å². The van der Waals surface area contributed by atoms with E-state index in [2.05, 4.69) is 137 Å². The van der Waals surface area contributed by atoms with E-state index in [-0.39, 0.29) is 0 Å². The van der Waals surface area contributed by atoms with E-state index in [1.807, 2.05) is 12.3 Å². The molecule has 0 aliphatic carbocycles. The van der Waals surface area contributed by atoms with Gasteiger partial charge in [-0.05, 0) is 60.2 Å². The van der Waals surface area contributed by atoms with Gasteiger partial charge in [-0.2, -0.15) is 0 Å². The maximum Gasteiger partial charge on any atom is 0.0963 e. The van der Waals surface area contributed by atoms with Crippen LogP contribution < -0.4 is 0 Å². The van der Waals surface area contributed by atoms with Gasteiger partial charge in [0.1, 0.15) is 0 Å². The van der Waals surface area contributed by atoms with Gasteiger partial charge in [0.15, 0.2) is 0 Å². The second-order valence-corrected chi connectivity index (χ2v) is 9.66. The second kappa shape index (κ2) is 8.19. The standard InChI is InChI=1S/C35H23N3/c1-3-11-25(12-4-1)37-31-18-8-7-15-28(31)30-23-24(20-21-32(30)37)27-16-9-17-29-34-33(19-10-22-36-34)38(35(27)29)26-13-5-2-6-14-26/h1-23H. The Balaban J connectivity index is 1.46. The highest BCUT2D eigenvalue weighted by Crippen LogP contribution is 2.40. The van der Waals surface area contributed by atoms with Gasteiger partial charge in [0.2, 0.25) is 0 Å². The van der Waals surface area contributed by atoms with Crippen molar-refractivity contribution in [2.45, 2.75) is 0 Å². The van der Waals surface area contributed by atoms with Crippen molar-refractivity contribution >= 4 is 43.7 Å². The number of hydrogen-bond donors (Lipinski definition) is 0. The van der Waals surface area contributed by atoms with Gasteiger partial charge in [0, 0.05) is 39.3 Å². The lowest BCUT2D eigenvalue weighted by Gasteiger charge is -2.12. The summed E-state index contributed by atoms with van der Waals surface area (Å²) in [7, 11) is 0. The molecular formula is C35H23N3. The molecule has 0 saturated carbocycles. The summed E-state index contributed by atoms with van der Waals surface area (Å²) in [6, 6.07) is 47.5. The average molecular weight is 486 g/mol. The molecule has 3 nitrogen and oxygen atoms in total. The van der Waals surface area contributed by atoms with Crippen LogP contribution in [0, 0.1) is 0 Å². The van der Waals surface area contributed by atoms with Crippen molar-refractivity contribution in [1.29, 1.82) is 0 Å². The summed E-state index contributed by atoms with van der Waals surface area (Å²) in [4.78, 5) is 4.79. The zero-order chi connectivity index (χ0) is 25.1. The van der Waals surface area contributed by atoms with Crippen molar-refractivity contribution in [3.8, 4) is 22.5 Å². The smallest absolute Gasteiger partial charge is 0.0963 e. The molecule has 178 valence electrons. The van der Waals surface area contributed by atoms with Crippen LogP contribution in [0.25, 0.3) is 66.2 Å². The highest BCUT2D eigenvalue weighted by molar-refractivity contribution is 6.14. The molecule has 8 rings (SSSR count). The van der Waals surface area contributed by atoms with Crippen LogP contribution in [0.4, 0.5) is 0 Å². The SMILES string of the molecule is c1ccc(-n2c3ccccc3c3cc(-c4cccc5c6ncccc6n(-c6ccccc6)c45)ccc32)cc1. The average Bonchev–Trinajstić information content (AvgIpc) is 3.51. The Morgan fingerprint density at radius 3 is 1.92 bits per heavy atom. The third-order valence-electron chi connectivity index (χ3n) is 7.55. The van der Waals surface area contributed by atoms with E-state index < -0.39 is 0 Å². The van der Waals surface area contributed by atoms with Gasteiger partial charge >= 0.3 is 0 Å². The number of para-hydroxylation sites is 4. The van der Waals surface area contributed by atoms with E-state index in [9.17, 15) is 0 Å². The summed E-state index contributed by atoms with van der Waals surface area (Å²) in [5.74, 6) is 0. The van der Waals surface area contributed by atoms with Gasteiger partial charge in [-0.1, -0.05) is 78.9 Å². The molecule has 0 aliphatic rings. The molecular weight excluding hydrogens is 462 g/mol. The minimum atomic E-state index is 1.02. The first-order valence-electron chi connectivity index (χ1n) is 12.9. The minimum Gasteiger partial charge on any atom is -0.309 e. The van der Waals surface area contributed by atoms with Crippen molar-refractivity contribution in [1.82, 2.24) is 14.1 Å². The molecule has 0 amide bonds. The summed E-state index contributed by atoms with van der Waals surface area (Å²) in [5, 5.41) is 3.67. The van der Waals surface area contributed by atoms with E-state index >= 15 is 0 Å². The fraction of sp³-hybridized carbons (Fsp3) is 0. The fourth-order valence-corrected chi connectivity index (χ4v) is 5.95. The molecule has 8 aromatic rings. The maximum absolute atomic E-state index is 4.79. The van der Waals surface area contributed by atoms with Crippen LogP contribution in [0.5, 0.6) is 0 Å². The number of pyridine rings is 1. The predicted molar refractivity (Wildman–Crippen MR) is 158 cm³/mol. The predicted octanol–water partition coefficient (Wildman–Crippen LogP) is 8.94. The zero-order valence-electron chi connectivity index (χ0n) is 20.6. The molecule has 0 spiro atoms. The van der Waals surface area contributed by atoms with Crippen molar-refractivity contribution in [3.05, 3.63) is 140 Å². The quantitative estimate of drug-likeness (QED) is 0.245. The molecule has 0 fully saturated rings. The monoisotopic (exact) mass is 485 g/mol. The van der Waals surface area contributed by atoms with Crippen LogP contribution in [0.15, 0.2) is 140 Å². The first-order chi connectivity index (χ1) is 18.9. The first kappa shape index (κ1) is 21.0. The van der Waals surface area contributed by atoms with E-state index in [0.717, 1.165) is 22.1 Å². The fourth-order valence-electron chi connectivity index (χ4n) is 5.95. The molecule has 3 heterocycles. The minimum absolute atomic E-state index is 1.02. The highest BCUT2D eigenvalue weighted by Gasteiger charge is 2.18. The molecule has 0 aliphatic heterocycles. The van der Waals surface area contributed by atoms with Gasteiger partial charge in [-0.3, -0.25) is 4.98 Å². The Kier molecular flexibility index (Phi) is 4.52. The third kappa shape index (κ3) is 2.99. The van der Waals surface area contributed by atoms with Crippen molar-refractivity contribution in [3.63, 3.8) is 0 Å². The number of benzene rings is 5. The Morgan fingerprint density at radius 2 is 1.11 bits per heavy atom. The Labute approximate surface area is 219 Å². The lowest BCUT2D eigenvalue weighted by molar-refractivity contribution is 1.17. The van der Waals surface area contributed by atoms with Gasteiger partial charge in [-0.25, -0.2) is 0 Å². The number of fused-ring (bicyclic) bond motifs is 6. The Hall–Kier alpha value is -5.15. The lowest BCUT2D eigenvalue weighted by atomic mass is 10.00. The number of rotatable bonds is 3. The summed E-state index contributed by atoms with van der Waals surface area (Å²) in [5.41, 5.74) is 10.4. The summed E-state index contributed by atoms with van der Waals surface area (Å²) in [6.07, 6.45) is 1.88. The molecule has 0 bridgehead atoms. The second-order valence-electron chi connectivity index (χ2n) is 9.66. The highest BCUT2D eigenvalue weighted by atomic mass is 15.0. The van der Waals surface area contributed by atoms with Crippen LogP contribution >= 0.6 is 0 Å². The van der Waals surface area contributed by atoms with Gasteiger partial charge < -0.3 is 9.13 Å². The Morgan fingerprint density at radius 1 is 0.447 bits per heavy atom. The first-order valence-corrected chi connectivity index (χ1v) is 12.9. The van der Waals surface area contributed by atoms with Gasteiger partial charge in [-0.15, -0.1) is 0 Å².